The Labute approximate surface area is 89.5 Å². The van der Waals surface area contributed by atoms with E-state index in [1.165, 1.54) is 7.11 Å². The zero-order chi connectivity index (χ0) is 10.9. The second-order valence-corrected chi connectivity index (χ2v) is 4.41. The summed E-state index contributed by atoms with van der Waals surface area (Å²) in [4.78, 5) is 24.0. The van der Waals surface area contributed by atoms with Crippen LogP contribution in [0, 0.1) is 11.3 Å². The second kappa shape index (κ2) is 3.80. The zero-order valence-corrected chi connectivity index (χ0v) is 8.99. The third-order valence-electron chi connectivity index (χ3n) is 3.56. The number of ether oxygens (including phenoxy) is 1. The summed E-state index contributed by atoms with van der Waals surface area (Å²) in [6, 6.07) is 0. The topological polar surface area (TPSA) is 43.4 Å². The molecule has 0 saturated heterocycles. The van der Waals surface area contributed by atoms with Crippen LogP contribution in [-0.4, -0.2) is 18.9 Å². The molecule has 2 atom stereocenters. The Morgan fingerprint density at radius 2 is 2.33 bits per heavy atom. The number of Topliss-reactive ketones (excluding diaryl/α,β-unsaturated/α-hetero) is 1. The Balaban J connectivity index is 2.40. The molecule has 0 amide bonds. The minimum atomic E-state index is -0.950. The van der Waals surface area contributed by atoms with Crippen molar-refractivity contribution < 1.29 is 14.3 Å². The molecule has 3 heteroatoms. The fourth-order valence-electron chi connectivity index (χ4n) is 2.69. The van der Waals surface area contributed by atoms with E-state index in [0.29, 0.717) is 6.42 Å². The predicted octanol–water partition coefficient (Wildman–Crippen LogP) is 1.86. The van der Waals surface area contributed by atoms with Crippen LogP contribution in [0.3, 0.4) is 0 Å². The normalized spacial score (nSPS) is 34.7. The summed E-state index contributed by atoms with van der Waals surface area (Å²) < 4.78 is 4.78. The molecule has 0 spiro atoms. The first-order chi connectivity index (χ1) is 7.20. The predicted molar refractivity (Wildman–Crippen MR) is 55.2 cm³/mol. The number of hydrogen-bond acceptors (Lipinski definition) is 3. The van der Waals surface area contributed by atoms with E-state index in [1.807, 2.05) is 6.08 Å². The fourth-order valence-corrected chi connectivity index (χ4v) is 2.69. The Morgan fingerprint density at radius 3 is 3.07 bits per heavy atom. The number of carbonyl (C=O) groups is 2. The van der Waals surface area contributed by atoms with Gasteiger partial charge in [0.05, 0.1) is 7.11 Å². The van der Waals surface area contributed by atoms with E-state index >= 15 is 0 Å². The van der Waals surface area contributed by atoms with E-state index < -0.39 is 5.41 Å². The van der Waals surface area contributed by atoms with Crippen LogP contribution in [0.2, 0.25) is 0 Å². The number of methoxy groups -OCH3 is 1. The first-order valence-corrected chi connectivity index (χ1v) is 5.51. The molecule has 0 aromatic heterocycles. The quantitative estimate of drug-likeness (QED) is 0.375. The van der Waals surface area contributed by atoms with Crippen molar-refractivity contribution >= 4 is 11.8 Å². The van der Waals surface area contributed by atoms with Crippen LogP contribution >= 0.6 is 0 Å². The van der Waals surface area contributed by atoms with Crippen molar-refractivity contribution in [1.82, 2.24) is 0 Å². The summed E-state index contributed by atoms with van der Waals surface area (Å²) in [5.74, 6) is -0.263. The molecule has 15 heavy (non-hydrogen) atoms. The number of esters is 1. The van der Waals surface area contributed by atoms with Crippen molar-refractivity contribution in [2.24, 2.45) is 11.3 Å². The monoisotopic (exact) mass is 208 g/mol. The van der Waals surface area contributed by atoms with Gasteiger partial charge in [0.2, 0.25) is 0 Å². The van der Waals surface area contributed by atoms with E-state index in [1.54, 1.807) is 6.08 Å². The van der Waals surface area contributed by atoms with E-state index in [9.17, 15) is 9.59 Å². The van der Waals surface area contributed by atoms with Crippen LogP contribution in [-0.2, 0) is 14.3 Å². The van der Waals surface area contributed by atoms with E-state index in [2.05, 4.69) is 0 Å². The molecular weight excluding hydrogens is 192 g/mol. The van der Waals surface area contributed by atoms with Crippen LogP contribution in [0.5, 0.6) is 0 Å². The van der Waals surface area contributed by atoms with Crippen molar-refractivity contribution in [3.05, 3.63) is 12.2 Å². The van der Waals surface area contributed by atoms with Gasteiger partial charge >= 0.3 is 5.97 Å². The van der Waals surface area contributed by atoms with Gasteiger partial charge in [0.25, 0.3) is 0 Å². The molecule has 3 nitrogen and oxygen atoms in total. The first-order valence-electron chi connectivity index (χ1n) is 5.51. The van der Waals surface area contributed by atoms with Gasteiger partial charge in [0.15, 0.2) is 5.78 Å². The molecule has 82 valence electrons. The van der Waals surface area contributed by atoms with Crippen LogP contribution in [0.25, 0.3) is 0 Å². The van der Waals surface area contributed by atoms with Gasteiger partial charge in [-0.05, 0) is 19.3 Å². The number of carbonyl (C=O) groups excluding carboxylic acids is 2. The Morgan fingerprint density at radius 1 is 1.53 bits per heavy atom. The number of hydrogen-bond donors (Lipinski definition) is 0. The van der Waals surface area contributed by atoms with Gasteiger partial charge in [-0.25, -0.2) is 0 Å². The van der Waals surface area contributed by atoms with Crippen LogP contribution in [0.1, 0.15) is 32.1 Å². The average molecular weight is 208 g/mol. The van der Waals surface area contributed by atoms with Gasteiger partial charge in [0.1, 0.15) is 5.41 Å². The summed E-state index contributed by atoms with van der Waals surface area (Å²) in [6.45, 7) is 0. The van der Waals surface area contributed by atoms with Crippen molar-refractivity contribution in [3.8, 4) is 0 Å². The summed E-state index contributed by atoms with van der Waals surface area (Å²) in [6.07, 6.45) is 8.03. The highest BCUT2D eigenvalue weighted by atomic mass is 16.5. The third-order valence-corrected chi connectivity index (χ3v) is 3.56. The number of rotatable bonds is 1. The van der Waals surface area contributed by atoms with Gasteiger partial charge in [0, 0.05) is 5.92 Å². The lowest BCUT2D eigenvalue weighted by Crippen LogP contribution is -2.42. The van der Waals surface area contributed by atoms with Crippen molar-refractivity contribution in [2.45, 2.75) is 32.1 Å². The third kappa shape index (κ3) is 1.50. The minimum Gasteiger partial charge on any atom is -0.468 e. The maximum absolute atomic E-state index is 12.2. The highest BCUT2D eigenvalue weighted by Gasteiger charge is 2.49. The van der Waals surface area contributed by atoms with Crippen LogP contribution in [0.15, 0.2) is 12.2 Å². The van der Waals surface area contributed by atoms with Crippen molar-refractivity contribution in [1.29, 1.82) is 0 Å². The lowest BCUT2D eigenvalue weighted by atomic mass is 9.71. The highest BCUT2D eigenvalue weighted by Crippen LogP contribution is 2.41. The maximum atomic E-state index is 12.2. The minimum absolute atomic E-state index is 0.0385. The van der Waals surface area contributed by atoms with Crippen molar-refractivity contribution in [3.63, 3.8) is 0 Å². The Kier molecular flexibility index (Phi) is 2.63. The Bertz CT molecular complexity index is 319. The standard InChI is InChI=1S/C12H16O3/c1-15-11(14)12-7-3-2-5-9(10(12)13)6-4-8-12/h4,8-9H,2-3,5-7H2,1H3. The van der Waals surface area contributed by atoms with Crippen molar-refractivity contribution in [2.75, 3.05) is 7.11 Å². The van der Waals surface area contributed by atoms with E-state index in [4.69, 9.17) is 4.74 Å². The zero-order valence-electron chi connectivity index (χ0n) is 8.99. The summed E-state index contributed by atoms with van der Waals surface area (Å²) >= 11 is 0. The lowest BCUT2D eigenvalue weighted by molar-refractivity contribution is -0.156. The molecule has 0 aromatic carbocycles. The molecule has 1 fully saturated rings. The fraction of sp³-hybridized carbons (Fsp3) is 0.667. The molecular formula is C12H16O3. The maximum Gasteiger partial charge on any atom is 0.323 e. The number of fused-ring (bicyclic) bond motifs is 2. The molecule has 1 saturated carbocycles. The summed E-state index contributed by atoms with van der Waals surface area (Å²) in [5.41, 5.74) is -0.950. The molecule has 2 unspecified atom stereocenters. The highest BCUT2D eigenvalue weighted by molar-refractivity contribution is 6.07. The van der Waals surface area contributed by atoms with Gasteiger partial charge in [-0.1, -0.05) is 25.0 Å². The molecule has 2 aliphatic rings. The largest absolute Gasteiger partial charge is 0.468 e. The molecule has 0 aliphatic heterocycles. The SMILES string of the molecule is COC(=O)C12C=CCC(CCCC1)C2=O. The summed E-state index contributed by atoms with van der Waals surface area (Å²) in [7, 11) is 1.35. The first kappa shape index (κ1) is 10.4. The smallest absolute Gasteiger partial charge is 0.323 e. The molecule has 0 N–H and O–H groups in total. The average Bonchev–Trinajstić information content (AvgIpc) is 2.38. The van der Waals surface area contributed by atoms with Gasteiger partial charge in [-0.2, -0.15) is 0 Å². The van der Waals surface area contributed by atoms with Gasteiger partial charge in [-0.3, -0.25) is 9.59 Å². The van der Waals surface area contributed by atoms with Gasteiger partial charge < -0.3 is 4.74 Å². The van der Waals surface area contributed by atoms with E-state index in [0.717, 1.165) is 25.7 Å². The molecule has 2 rings (SSSR count). The molecule has 0 heterocycles. The van der Waals surface area contributed by atoms with Crippen LogP contribution < -0.4 is 0 Å². The van der Waals surface area contributed by atoms with Crippen LogP contribution in [0.4, 0.5) is 0 Å². The molecule has 0 radical (unpaired) electrons. The molecule has 2 bridgehead atoms. The lowest BCUT2D eigenvalue weighted by Gasteiger charge is -2.30. The van der Waals surface area contributed by atoms with E-state index in [-0.39, 0.29) is 17.7 Å². The summed E-state index contributed by atoms with van der Waals surface area (Å²) in [5, 5.41) is 0. The molecule has 0 aromatic rings. The Hall–Kier alpha value is -1.12. The molecule has 2 aliphatic carbocycles. The second-order valence-electron chi connectivity index (χ2n) is 4.41. The van der Waals surface area contributed by atoms with Gasteiger partial charge in [-0.15, -0.1) is 0 Å². The number of ketones is 1. The number of allylic oxidation sites excluding steroid dienone is 1.